The smallest absolute Gasteiger partial charge is 0.166 e. The monoisotopic (exact) mass is 266 g/mol. The van der Waals surface area contributed by atoms with Crippen LogP contribution in [0.3, 0.4) is 0 Å². The molecule has 0 aliphatic rings. The fraction of sp³-hybridized carbons (Fsp3) is 0.462. The standard InChI is InChI=1S/C13H18N2S2/c1-2-5-10(8-16)9-17-13-14-11-6-3-4-7-12(11)15-13/h3-4,6-7,10,16H,2,5,8-9H2,1H3,(H,14,15). The summed E-state index contributed by atoms with van der Waals surface area (Å²) in [6, 6.07) is 8.15. The Balaban J connectivity index is 1.98. The van der Waals surface area contributed by atoms with Gasteiger partial charge in [-0.2, -0.15) is 12.6 Å². The van der Waals surface area contributed by atoms with E-state index in [9.17, 15) is 0 Å². The Kier molecular flexibility index (Phi) is 4.80. The molecular weight excluding hydrogens is 248 g/mol. The summed E-state index contributed by atoms with van der Waals surface area (Å²) in [5, 5.41) is 1.02. The van der Waals surface area contributed by atoms with E-state index < -0.39 is 0 Å². The lowest BCUT2D eigenvalue weighted by Crippen LogP contribution is -2.05. The van der Waals surface area contributed by atoms with E-state index in [1.165, 1.54) is 12.8 Å². The molecule has 1 atom stereocenters. The largest absolute Gasteiger partial charge is 0.333 e. The van der Waals surface area contributed by atoms with Crippen molar-refractivity contribution in [2.24, 2.45) is 5.92 Å². The van der Waals surface area contributed by atoms with Crippen molar-refractivity contribution >= 4 is 35.4 Å². The lowest BCUT2D eigenvalue weighted by Gasteiger charge is -2.10. The number of H-pyrrole nitrogens is 1. The molecule has 0 aliphatic heterocycles. The molecule has 0 aliphatic carbocycles. The van der Waals surface area contributed by atoms with Crippen LogP contribution in [0.5, 0.6) is 0 Å². The van der Waals surface area contributed by atoms with Crippen molar-refractivity contribution < 1.29 is 0 Å². The third-order valence-electron chi connectivity index (χ3n) is 2.78. The molecule has 1 aromatic carbocycles. The molecule has 17 heavy (non-hydrogen) atoms. The number of thioether (sulfide) groups is 1. The number of benzene rings is 1. The van der Waals surface area contributed by atoms with Crippen molar-refractivity contribution in [1.29, 1.82) is 0 Å². The van der Waals surface area contributed by atoms with Crippen LogP contribution in [0.2, 0.25) is 0 Å². The summed E-state index contributed by atoms with van der Waals surface area (Å²) in [4.78, 5) is 7.91. The average molecular weight is 266 g/mol. The number of rotatable bonds is 6. The van der Waals surface area contributed by atoms with Gasteiger partial charge in [-0.3, -0.25) is 0 Å². The molecule has 2 aromatic rings. The minimum atomic E-state index is 0.682. The van der Waals surface area contributed by atoms with E-state index in [-0.39, 0.29) is 0 Å². The molecule has 0 radical (unpaired) electrons. The second-order valence-corrected chi connectivity index (χ2v) is 5.58. The van der Waals surface area contributed by atoms with E-state index in [2.05, 4.69) is 35.6 Å². The molecule has 2 nitrogen and oxygen atoms in total. The van der Waals surface area contributed by atoms with Crippen LogP contribution in [-0.2, 0) is 0 Å². The lowest BCUT2D eigenvalue weighted by molar-refractivity contribution is 0.595. The second-order valence-electron chi connectivity index (χ2n) is 4.21. The van der Waals surface area contributed by atoms with Crippen LogP contribution in [-0.4, -0.2) is 21.5 Å². The van der Waals surface area contributed by atoms with E-state index in [1.807, 2.05) is 18.2 Å². The third kappa shape index (κ3) is 3.42. The van der Waals surface area contributed by atoms with Crippen molar-refractivity contribution in [2.45, 2.75) is 24.9 Å². The predicted molar refractivity (Wildman–Crippen MR) is 79.1 cm³/mol. The number of nitrogens with zero attached hydrogens (tertiary/aromatic N) is 1. The van der Waals surface area contributed by atoms with Gasteiger partial charge in [0.1, 0.15) is 0 Å². The molecule has 2 rings (SSSR count). The fourth-order valence-electron chi connectivity index (χ4n) is 1.83. The van der Waals surface area contributed by atoms with E-state index in [0.717, 1.165) is 27.7 Å². The summed E-state index contributed by atoms with van der Waals surface area (Å²) >= 11 is 6.21. The lowest BCUT2D eigenvalue weighted by atomic mass is 10.1. The maximum absolute atomic E-state index is 4.56. The number of hydrogen-bond donors (Lipinski definition) is 2. The summed E-state index contributed by atoms with van der Waals surface area (Å²) in [5.74, 6) is 2.74. The van der Waals surface area contributed by atoms with Gasteiger partial charge < -0.3 is 4.98 Å². The van der Waals surface area contributed by atoms with Gasteiger partial charge in [-0.15, -0.1) is 0 Å². The van der Waals surface area contributed by atoms with Gasteiger partial charge in [0.05, 0.1) is 11.0 Å². The van der Waals surface area contributed by atoms with Crippen molar-refractivity contribution in [3.63, 3.8) is 0 Å². The van der Waals surface area contributed by atoms with Crippen molar-refractivity contribution in [1.82, 2.24) is 9.97 Å². The van der Waals surface area contributed by atoms with Crippen molar-refractivity contribution in [3.05, 3.63) is 24.3 Å². The summed E-state index contributed by atoms with van der Waals surface area (Å²) in [6.07, 6.45) is 2.47. The Labute approximate surface area is 112 Å². The van der Waals surface area contributed by atoms with Crippen LogP contribution < -0.4 is 0 Å². The highest BCUT2D eigenvalue weighted by molar-refractivity contribution is 7.99. The molecule has 1 N–H and O–H groups in total. The molecule has 1 aromatic heterocycles. The maximum Gasteiger partial charge on any atom is 0.166 e. The van der Waals surface area contributed by atoms with Crippen LogP contribution >= 0.6 is 24.4 Å². The summed E-state index contributed by atoms with van der Waals surface area (Å²) in [7, 11) is 0. The summed E-state index contributed by atoms with van der Waals surface area (Å²) < 4.78 is 0. The fourth-order valence-corrected chi connectivity index (χ4v) is 3.34. The topological polar surface area (TPSA) is 28.7 Å². The molecule has 1 unspecified atom stereocenters. The quantitative estimate of drug-likeness (QED) is 0.611. The Morgan fingerprint density at radius 2 is 2.24 bits per heavy atom. The van der Waals surface area contributed by atoms with Gasteiger partial charge in [-0.25, -0.2) is 4.98 Å². The van der Waals surface area contributed by atoms with E-state index >= 15 is 0 Å². The van der Waals surface area contributed by atoms with Crippen LogP contribution in [0.1, 0.15) is 19.8 Å². The Morgan fingerprint density at radius 3 is 2.94 bits per heavy atom. The minimum Gasteiger partial charge on any atom is -0.333 e. The van der Waals surface area contributed by atoms with Crippen LogP contribution in [0, 0.1) is 5.92 Å². The van der Waals surface area contributed by atoms with E-state index in [4.69, 9.17) is 0 Å². The number of imidazole rings is 1. The molecule has 0 fully saturated rings. The maximum atomic E-state index is 4.56. The van der Waals surface area contributed by atoms with Crippen LogP contribution in [0.15, 0.2) is 29.4 Å². The van der Waals surface area contributed by atoms with E-state index in [0.29, 0.717) is 5.92 Å². The molecule has 92 valence electrons. The Morgan fingerprint density at radius 1 is 1.41 bits per heavy atom. The predicted octanol–water partition coefficient (Wildman–Crippen LogP) is 4.00. The molecular formula is C13H18N2S2. The van der Waals surface area contributed by atoms with E-state index in [1.54, 1.807) is 11.8 Å². The number of fused-ring (bicyclic) bond motifs is 1. The number of aromatic nitrogens is 2. The zero-order valence-electron chi connectivity index (χ0n) is 10.0. The highest BCUT2D eigenvalue weighted by Gasteiger charge is 2.08. The van der Waals surface area contributed by atoms with Gasteiger partial charge in [-0.05, 0) is 30.2 Å². The van der Waals surface area contributed by atoms with Gasteiger partial charge >= 0.3 is 0 Å². The van der Waals surface area contributed by atoms with Gasteiger partial charge in [0.15, 0.2) is 5.16 Å². The Hall–Kier alpha value is -0.610. The van der Waals surface area contributed by atoms with Gasteiger partial charge in [0.25, 0.3) is 0 Å². The number of para-hydroxylation sites is 2. The van der Waals surface area contributed by atoms with Crippen LogP contribution in [0.4, 0.5) is 0 Å². The van der Waals surface area contributed by atoms with Crippen LogP contribution in [0.25, 0.3) is 11.0 Å². The number of nitrogens with one attached hydrogen (secondary N) is 1. The van der Waals surface area contributed by atoms with Crippen molar-refractivity contribution in [3.8, 4) is 0 Å². The minimum absolute atomic E-state index is 0.682. The SMILES string of the molecule is CCCC(CS)CSc1nc2ccccc2[nH]1. The molecule has 0 saturated heterocycles. The molecule has 0 saturated carbocycles. The van der Waals surface area contributed by atoms with Gasteiger partial charge in [-0.1, -0.05) is 37.2 Å². The second kappa shape index (κ2) is 6.36. The Bertz CT molecular complexity index is 434. The first-order valence-electron chi connectivity index (χ1n) is 6.02. The number of hydrogen-bond acceptors (Lipinski definition) is 3. The third-order valence-corrected chi connectivity index (χ3v) is 4.40. The zero-order chi connectivity index (χ0) is 12.1. The van der Waals surface area contributed by atoms with Crippen molar-refractivity contribution in [2.75, 3.05) is 11.5 Å². The normalized spacial score (nSPS) is 13.1. The average Bonchev–Trinajstić information content (AvgIpc) is 2.77. The molecule has 0 bridgehead atoms. The first-order chi connectivity index (χ1) is 8.33. The van der Waals surface area contributed by atoms with Gasteiger partial charge in [0, 0.05) is 5.75 Å². The molecule has 4 heteroatoms. The first kappa shape index (κ1) is 12.8. The number of thiol groups is 1. The molecule has 0 spiro atoms. The highest BCUT2D eigenvalue weighted by Crippen LogP contribution is 2.23. The molecule has 0 amide bonds. The highest BCUT2D eigenvalue weighted by atomic mass is 32.2. The first-order valence-corrected chi connectivity index (χ1v) is 7.63. The summed E-state index contributed by atoms with van der Waals surface area (Å²) in [5.41, 5.74) is 2.17. The number of aromatic amines is 1. The van der Waals surface area contributed by atoms with Gasteiger partial charge in [0.2, 0.25) is 0 Å². The zero-order valence-corrected chi connectivity index (χ0v) is 11.7. The summed E-state index contributed by atoms with van der Waals surface area (Å²) in [6.45, 7) is 2.22. The molecule has 1 heterocycles.